The van der Waals surface area contributed by atoms with Gasteiger partial charge in [0.2, 0.25) is 11.9 Å². The molecule has 0 unspecified atom stereocenters. The van der Waals surface area contributed by atoms with Crippen LogP contribution < -0.4 is 16.2 Å². The van der Waals surface area contributed by atoms with Crippen LogP contribution in [0.15, 0.2) is 41.2 Å². The van der Waals surface area contributed by atoms with E-state index in [2.05, 4.69) is 25.3 Å². The predicted octanol–water partition coefficient (Wildman–Crippen LogP) is 3.45. The zero-order chi connectivity index (χ0) is 22.8. The van der Waals surface area contributed by atoms with Crippen LogP contribution in [-0.2, 0) is 16.1 Å². The van der Waals surface area contributed by atoms with Gasteiger partial charge in [-0.05, 0) is 29.8 Å². The second-order valence-electron chi connectivity index (χ2n) is 7.98. The molecule has 3 N–H and O–H groups in total. The first kappa shape index (κ1) is 21.9. The Morgan fingerprint density at radius 1 is 1.13 bits per heavy atom. The maximum Gasteiger partial charge on any atom is 0.337 e. The lowest BCUT2D eigenvalue weighted by Gasteiger charge is -2.17. The van der Waals surface area contributed by atoms with Crippen LogP contribution in [0.2, 0.25) is 0 Å². The molecule has 1 heterocycles. The number of esters is 1. The zero-order valence-corrected chi connectivity index (χ0v) is 17.6. The standard InChI is InChI=1S/C22H23FN4O4/c1-22(2,3)20(30)27-21-25-14-9-10-15(17(23)16(14)18(28)26-21)24-11-12-5-7-13(8-6-12)19(29)31-4/h5-10,24H,11H2,1-4H3,(H2,25,26,27,28,30). The van der Waals surface area contributed by atoms with Gasteiger partial charge in [-0.2, -0.15) is 0 Å². The summed E-state index contributed by atoms with van der Waals surface area (Å²) in [7, 11) is 1.30. The molecule has 0 radical (unpaired) electrons. The third-order valence-electron chi connectivity index (χ3n) is 4.58. The van der Waals surface area contributed by atoms with Gasteiger partial charge in [-0.25, -0.2) is 14.2 Å². The maximum atomic E-state index is 15.0. The largest absolute Gasteiger partial charge is 0.465 e. The van der Waals surface area contributed by atoms with Gasteiger partial charge in [-0.1, -0.05) is 32.9 Å². The molecule has 0 spiro atoms. The van der Waals surface area contributed by atoms with Gasteiger partial charge >= 0.3 is 5.97 Å². The molecule has 31 heavy (non-hydrogen) atoms. The summed E-state index contributed by atoms with van der Waals surface area (Å²) in [6.07, 6.45) is 0. The van der Waals surface area contributed by atoms with Crippen molar-refractivity contribution in [1.29, 1.82) is 0 Å². The molecule has 0 fully saturated rings. The Hall–Kier alpha value is -3.75. The van der Waals surface area contributed by atoms with Crippen LogP contribution in [0.25, 0.3) is 10.9 Å². The first-order valence-corrected chi connectivity index (χ1v) is 9.55. The van der Waals surface area contributed by atoms with Crippen LogP contribution in [0, 0.1) is 11.2 Å². The lowest BCUT2D eigenvalue weighted by atomic mass is 9.96. The lowest BCUT2D eigenvalue weighted by molar-refractivity contribution is -0.123. The van der Waals surface area contributed by atoms with Gasteiger partial charge < -0.3 is 10.1 Å². The molecule has 8 nitrogen and oxygen atoms in total. The summed E-state index contributed by atoms with van der Waals surface area (Å²) in [4.78, 5) is 42.6. The molecule has 0 saturated carbocycles. The molecular formula is C22H23FN4O4. The SMILES string of the molecule is COC(=O)c1ccc(CNc2ccc3nc(NC(=O)C(C)(C)C)[nH]c(=O)c3c2F)cc1. The van der Waals surface area contributed by atoms with Crippen molar-refractivity contribution in [3.63, 3.8) is 0 Å². The number of methoxy groups -OCH3 is 1. The van der Waals surface area contributed by atoms with E-state index in [-0.39, 0.29) is 35.0 Å². The fourth-order valence-electron chi connectivity index (χ4n) is 2.76. The van der Waals surface area contributed by atoms with Crippen LogP contribution in [0.4, 0.5) is 16.0 Å². The van der Waals surface area contributed by atoms with Crippen molar-refractivity contribution < 1.29 is 18.7 Å². The van der Waals surface area contributed by atoms with Gasteiger partial charge in [-0.15, -0.1) is 0 Å². The number of anilines is 2. The predicted molar refractivity (Wildman–Crippen MR) is 116 cm³/mol. The molecule has 0 aliphatic carbocycles. The minimum absolute atomic E-state index is 0.0387. The third kappa shape index (κ3) is 4.88. The Balaban J connectivity index is 1.81. The topological polar surface area (TPSA) is 113 Å². The molecule has 0 aliphatic heterocycles. The number of amides is 1. The molecule has 0 saturated heterocycles. The summed E-state index contributed by atoms with van der Waals surface area (Å²) < 4.78 is 19.6. The Kier molecular flexibility index (Phi) is 6.05. The van der Waals surface area contributed by atoms with Gasteiger partial charge in [0.05, 0.1) is 23.9 Å². The number of benzene rings is 2. The number of hydrogen-bond donors (Lipinski definition) is 3. The number of rotatable bonds is 5. The number of carbonyl (C=O) groups excluding carboxylic acids is 2. The summed E-state index contributed by atoms with van der Waals surface area (Å²) in [6, 6.07) is 9.64. The van der Waals surface area contributed by atoms with Gasteiger partial charge in [0.25, 0.3) is 5.56 Å². The molecule has 3 aromatic rings. The van der Waals surface area contributed by atoms with Crippen molar-refractivity contribution in [3.8, 4) is 0 Å². The molecule has 3 rings (SSSR count). The van der Waals surface area contributed by atoms with E-state index < -0.39 is 22.8 Å². The van der Waals surface area contributed by atoms with E-state index in [9.17, 15) is 18.8 Å². The summed E-state index contributed by atoms with van der Waals surface area (Å²) in [5, 5.41) is 5.26. The highest BCUT2D eigenvalue weighted by Crippen LogP contribution is 2.23. The number of H-pyrrole nitrogens is 1. The highest BCUT2D eigenvalue weighted by atomic mass is 19.1. The normalized spacial score (nSPS) is 11.3. The lowest BCUT2D eigenvalue weighted by Crippen LogP contribution is -2.29. The van der Waals surface area contributed by atoms with Crippen molar-refractivity contribution in [2.24, 2.45) is 5.41 Å². The molecule has 0 bridgehead atoms. The van der Waals surface area contributed by atoms with Crippen LogP contribution in [0.3, 0.4) is 0 Å². The van der Waals surface area contributed by atoms with Crippen LogP contribution >= 0.6 is 0 Å². The quantitative estimate of drug-likeness (QED) is 0.539. The van der Waals surface area contributed by atoms with Crippen molar-refractivity contribution >= 4 is 34.4 Å². The second kappa shape index (κ2) is 8.55. The van der Waals surface area contributed by atoms with Crippen LogP contribution in [0.5, 0.6) is 0 Å². The Bertz CT molecular complexity index is 1200. The van der Waals surface area contributed by atoms with Crippen molar-refractivity contribution in [2.45, 2.75) is 27.3 Å². The highest BCUT2D eigenvalue weighted by molar-refractivity contribution is 5.94. The van der Waals surface area contributed by atoms with E-state index in [1.807, 2.05) is 0 Å². The smallest absolute Gasteiger partial charge is 0.337 e. The van der Waals surface area contributed by atoms with Crippen molar-refractivity contribution in [2.75, 3.05) is 17.7 Å². The summed E-state index contributed by atoms with van der Waals surface area (Å²) in [6.45, 7) is 5.45. The van der Waals surface area contributed by atoms with E-state index >= 15 is 0 Å². The molecule has 0 atom stereocenters. The first-order chi connectivity index (χ1) is 14.6. The summed E-state index contributed by atoms with van der Waals surface area (Å²) in [5.74, 6) is -1.55. The van der Waals surface area contributed by atoms with Crippen LogP contribution in [-0.4, -0.2) is 29.0 Å². The Morgan fingerprint density at radius 2 is 1.81 bits per heavy atom. The minimum atomic E-state index is -0.744. The fraction of sp³-hybridized carbons (Fsp3) is 0.273. The average Bonchev–Trinajstić information content (AvgIpc) is 2.72. The number of hydrogen-bond acceptors (Lipinski definition) is 6. The van der Waals surface area contributed by atoms with Crippen LogP contribution in [0.1, 0.15) is 36.7 Å². The number of nitrogens with one attached hydrogen (secondary N) is 3. The molecule has 0 aliphatic rings. The number of carbonyl (C=O) groups is 2. The van der Waals surface area contributed by atoms with Crippen molar-refractivity contribution in [3.05, 3.63) is 63.7 Å². The number of ether oxygens (including phenoxy) is 1. The molecule has 9 heteroatoms. The summed E-state index contributed by atoms with van der Waals surface area (Å²) >= 11 is 0. The Morgan fingerprint density at radius 3 is 2.42 bits per heavy atom. The number of halogens is 1. The molecule has 2 aromatic carbocycles. The van der Waals surface area contributed by atoms with Gasteiger partial charge in [-0.3, -0.25) is 19.9 Å². The fourth-order valence-corrected chi connectivity index (χ4v) is 2.76. The van der Waals surface area contributed by atoms with Crippen molar-refractivity contribution in [1.82, 2.24) is 9.97 Å². The second-order valence-corrected chi connectivity index (χ2v) is 7.98. The summed E-state index contributed by atoms with van der Waals surface area (Å²) in [5.41, 5.74) is 0.0933. The Labute approximate surface area is 177 Å². The van der Waals surface area contributed by atoms with E-state index in [1.54, 1.807) is 45.0 Å². The molecule has 1 aromatic heterocycles. The number of aromatic nitrogens is 2. The monoisotopic (exact) mass is 426 g/mol. The molecule has 1 amide bonds. The third-order valence-corrected chi connectivity index (χ3v) is 4.58. The maximum absolute atomic E-state index is 15.0. The first-order valence-electron chi connectivity index (χ1n) is 9.55. The van der Waals surface area contributed by atoms with E-state index in [0.717, 1.165) is 5.56 Å². The zero-order valence-electron chi connectivity index (χ0n) is 17.6. The average molecular weight is 426 g/mol. The number of aromatic amines is 1. The van der Waals surface area contributed by atoms with E-state index in [1.165, 1.54) is 19.2 Å². The number of nitrogens with zero attached hydrogens (tertiary/aromatic N) is 1. The molecular weight excluding hydrogens is 403 g/mol. The number of fused-ring (bicyclic) bond motifs is 1. The van der Waals surface area contributed by atoms with Gasteiger partial charge in [0, 0.05) is 12.0 Å². The van der Waals surface area contributed by atoms with E-state index in [4.69, 9.17) is 0 Å². The highest BCUT2D eigenvalue weighted by Gasteiger charge is 2.22. The molecule has 162 valence electrons. The van der Waals surface area contributed by atoms with Gasteiger partial charge in [0.15, 0.2) is 5.82 Å². The van der Waals surface area contributed by atoms with E-state index in [0.29, 0.717) is 5.56 Å². The minimum Gasteiger partial charge on any atom is -0.465 e. The van der Waals surface area contributed by atoms with Gasteiger partial charge in [0.1, 0.15) is 5.39 Å².